The first kappa shape index (κ1) is 34.6. The molecule has 0 fully saturated rings. The van der Waals surface area contributed by atoms with Crippen LogP contribution in [-0.2, 0) is 12.3 Å². The number of hydrogen-bond donors (Lipinski definition) is 5. The quantitative estimate of drug-likeness (QED) is 0.0409. The molecule has 0 aliphatic heterocycles. The molecule has 44 heavy (non-hydrogen) atoms. The Morgan fingerprint density at radius 3 is 2.59 bits per heavy atom. The largest absolute Gasteiger partial charge is 0.370 e. The van der Waals surface area contributed by atoms with Gasteiger partial charge in [0.25, 0.3) is 0 Å². The number of anilines is 2. The molecule has 6 N–H and O–H groups in total. The van der Waals surface area contributed by atoms with Crippen molar-refractivity contribution in [1.82, 2.24) is 25.1 Å². The minimum atomic E-state index is -0.231. The highest BCUT2D eigenvalue weighted by atomic mass is 32.2. The number of nitriles is 1. The van der Waals surface area contributed by atoms with Crippen molar-refractivity contribution < 1.29 is 4.39 Å². The summed E-state index contributed by atoms with van der Waals surface area (Å²) in [6.45, 7) is 4.47. The summed E-state index contributed by atoms with van der Waals surface area (Å²) < 4.78 is 13.4. The number of guanidine groups is 2. The Morgan fingerprint density at radius 1 is 1.07 bits per heavy atom. The summed E-state index contributed by atoms with van der Waals surface area (Å²) in [6.07, 6.45) is 8.05. The molecule has 14 heteroatoms. The molecule has 0 amide bonds. The van der Waals surface area contributed by atoms with Crippen molar-refractivity contribution >= 4 is 46.0 Å². The monoisotopic (exact) mass is 639 g/mol. The number of thioether (sulfide) groups is 1. The fraction of sp³-hybridized carbons (Fsp3) is 0.433. The van der Waals surface area contributed by atoms with E-state index in [1.807, 2.05) is 35.7 Å². The molecular weight excluding hydrogens is 598 g/mol. The normalized spacial score (nSPS) is 10.8. The minimum Gasteiger partial charge on any atom is -0.370 e. The number of thiazole rings is 1. The lowest BCUT2D eigenvalue weighted by atomic mass is 10.2. The van der Waals surface area contributed by atoms with E-state index in [9.17, 15) is 9.65 Å². The average molecular weight is 640 g/mol. The highest BCUT2D eigenvalue weighted by Crippen LogP contribution is 2.19. The number of likely N-dealkylation sites (N-methyl/N-ethyl adjacent to an activating group) is 1. The molecule has 0 aliphatic rings. The van der Waals surface area contributed by atoms with Gasteiger partial charge in [-0.3, -0.25) is 10.8 Å². The van der Waals surface area contributed by atoms with Crippen molar-refractivity contribution in [2.24, 2.45) is 5.73 Å². The van der Waals surface area contributed by atoms with Gasteiger partial charge in [-0.2, -0.15) is 17.0 Å². The number of halogens is 1. The van der Waals surface area contributed by atoms with Crippen LogP contribution in [0.5, 0.6) is 0 Å². The van der Waals surface area contributed by atoms with Crippen molar-refractivity contribution in [3.05, 3.63) is 71.1 Å². The molecule has 0 bridgehead atoms. The zero-order chi connectivity index (χ0) is 31.6. The summed E-state index contributed by atoms with van der Waals surface area (Å²) in [7, 11) is 2.13. The fourth-order valence-electron chi connectivity index (χ4n) is 4.28. The maximum atomic E-state index is 13.4. The molecule has 0 radical (unpaired) electrons. The van der Waals surface area contributed by atoms with Gasteiger partial charge in [0, 0.05) is 55.8 Å². The van der Waals surface area contributed by atoms with Gasteiger partial charge in [0.2, 0.25) is 5.96 Å². The molecule has 1 aromatic carbocycles. The third-order valence-corrected chi connectivity index (χ3v) is 8.44. The van der Waals surface area contributed by atoms with Crippen molar-refractivity contribution in [1.29, 1.82) is 16.1 Å². The molecule has 11 nitrogen and oxygen atoms in total. The molecule has 0 saturated carbocycles. The first-order chi connectivity index (χ1) is 21.3. The molecule has 3 rings (SSSR count). The maximum Gasteiger partial charge on any atom is 0.204 e. The van der Waals surface area contributed by atoms with E-state index in [1.54, 1.807) is 18.0 Å². The van der Waals surface area contributed by atoms with Gasteiger partial charge in [-0.1, -0.05) is 31.0 Å². The van der Waals surface area contributed by atoms with Gasteiger partial charge in [0.15, 0.2) is 17.3 Å². The zero-order valence-corrected chi connectivity index (χ0v) is 26.8. The topological polar surface area (TPSA) is 157 Å². The zero-order valence-electron chi connectivity index (χ0n) is 25.1. The van der Waals surface area contributed by atoms with Gasteiger partial charge in [-0.05, 0) is 56.3 Å². The van der Waals surface area contributed by atoms with Crippen LogP contribution in [0, 0.1) is 28.1 Å². The van der Waals surface area contributed by atoms with E-state index in [2.05, 4.69) is 43.6 Å². The summed E-state index contributed by atoms with van der Waals surface area (Å²) in [6, 6.07) is 12.5. The lowest BCUT2D eigenvalue weighted by Gasteiger charge is -2.27. The smallest absolute Gasteiger partial charge is 0.204 e. The van der Waals surface area contributed by atoms with Crippen LogP contribution in [0.3, 0.4) is 0 Å². The van der Waals surface area contributed by atoms with E-state index in [0.29, 0.717) is 36.3 Å². The number of benzene rings is 1. The van der Waals surface area contributed by atoms with Gasteiger partial charge >= 0.3 is 0 Å². The molecule has 0 aliphatic carbocycles. The Hall–Kier alpha value is -3.93. The molecule has 3 aromatic rings. The first-order valence-corrected chi connectivity index (χ1v) is 16.6. The molecule has 2 aromatic heterocycles. The highest BCUT2D eigenvalue weighted by molar-refractivity contribution is 7.98. The van der Waals surface area contributed by atoms with E-state index >= 15 is 0 Å². The second-order valence-electron chi connectivity index (χ2n) is 10.2. The molecule has 2 heterocycles. The van der Waals surface area contributed by atoms with Gasteiger partial charge in [-0.15, -0.1) is 11.3 Å². The number of hydrogen-bond acceptors (Lipinski definition) is 9. The van der Waals surface area contributed by atoms with Crippen LogP contribution < -0.4 is 21.3 Å². The second-order valence-corrected chi connectivity index (χ2v) is 12.2. The Morgan fingerprint density at radius 2 is 1.86 bits per heavy atom. The van der Waals surface area contributed by atoms with Gasteiger partial charge in [0.1, 0.15) is 11.6 Å². The third kappa shape index (κ3) is 13.2. The predicted octanol–water partition coefficient (Wildman–Crippen LogP) is 4.72. The van der Waals surface area contributed by atoms with Crippen LogP contribution in [0.25, 0.3) is 0 Å². The Labute approximate surface area is 267 Å². The summed E-state index contributed by atoms with van der Waals surface area (Å²) in [4.78, 5) is 14.8. The van der Waals surface area contributed by atoms with Gasteiger partial charge in [-0.25, -0.2) is 19.3 Å². The fourth-order valence-corrected chi connectivity index (χ4v) is 5.92. The maximum absolute atomic E-state index is 13.4. The average Bonchev–Trinajstić information content (AvgIpc) is 3.46. The number of nitrogens with one attached hydrogen (secondary N) is 4. The number of nitrogens with two attached hydrogens (primary N) is 1. The number of aromatic nitrogens is 2. The standard InChI is InChI=1S/C30H42FN11S2/c1-40(16-17-41(27-8-4-6-13-36-27)20-24-9-11-25(31)12-10-24)15-7-3-2-5-14-37-29(35)42(23-32)18-19-43-21-26-22-44-30(38-26)39-28(33)34/h4,6,8-13,22H,2-3,5,7,14-21H2,1H3,(H2,35,37)(H4,33,34,38,39). The third-order valence-electron chi connectivity index (χ3n) is 6.66. The summed E-state index contributed by atoms with van der Waals surface area (Å²) in [5.41, 5.74) is 7.26. The lowest BCUT2D eigenvalue weighted by molar-refractivity contribution is 0.328. The van der Waals surface area contributed by atoms with Crippen LogP contribution in [0.2, 0.25) is 0 Å². The molecule has 0 atom stereocenters. The molecular formula is C30H42FN11S2. The minimum absolute atomic E-state index is 0.132. The Bertz CT molecular complexity index is 1310. The lowest BCUT2D eigenvalue weighted by Crippen LogP contribution is -2.39. The summed E-state index contributed by atoms with van der Waals surface area (Å²) in [5.74, 6) is 2.04. The Balaban J connectivity index is 1.25. The number of pyridine rings is 1. The first-order valence-electron chi connectivity index (χ1n) is 14.6. The van der Waals surface area contributed by atoms with Gasteiger partial charge < -0.3 is 26.2 Å². The Kier molecular flexibility index (Phi) is 15.2. The molecule has 0 unspecified atom stereocenters. The number of rotatable bonds is 19. The second kappa shape index (κ2) is 19.4. The molecule has 0 spiro atoms. The SMILES string of the molecule is CN(CCCCCCNC(=N)N(C#N)CCSCc1csc(NC(=N)N)n1)CCN(Cc1ccc(F)cc1)c1ccccn1. The van der Waals surface area contributed by atoms with Crippen LogP contribution in [-0.4, -0.2) is 77.2 Å². The van der Waals surface area contributed by atoms with E-state index in [0.717, 1.165) is 62.4 Å². The molecule has 0 saturated heterocycles. The van der Waals surface area contributed by atoms with E-state index < -0.39 is 0 Å². The van der Waals surface area contributed by atoms with Gasteiger partial charge in [0.05, 0.1) is 5.69 Å². The van der Waals surface area contributed by atoms with Crippen LogP contribution in [0.4, 0.5) is 15.3 Å². The van der Waals surface area contributed by atoms with Crippen LogP contribution >= 0.6 is 23.1 Å². The van der Waals surface area contributed by atoms with E-state index in [4.69, 9.17) is 16.6 Å². The number of unbranched alkanes of at least 4 members (excludes halogenated alkanes) is 3. The molecule has 236 valence electrons. The predicted molar refractivity (Wildman–Crippen MR) is 180 cm³/mol. The number of nitrogens with zero attached hydrogens (tertiary/aromatic N) is 6. The highest BCUT2D eigenvalue weighted by Gasteiger charge is 2.11. The van der Waals surface area contributed by atoms with Crippen molar-refractivity contribution in [3.63, 3.8) is 0 Å². The van der Waals surface area contributed by atoms with Crippen molar-refractivity contribution in [2.45, 2.75) is 38.0 Å². The van der Waals surface area contributed by atoms with E-state index in [1.165, 1.54) is 28.4 Å². The van der Waals surface area contributed by atoms with Crippen molar-refractivity contribution in [2.75, 3.05) is 55.7 Å². The van der Waals surface area contributed by atoms with E-state index in [-0.39, 0.29) is 17.7 Å². The van der Waals surface area contributed by atoms with Crippen LogP contribution in [0.15, 0.2) is 54.0 Å². The summed E-state index contributed by atoms with van der Waals surface area (Å²) in [5, 5.41) is 33.2. The van der Waals surface area contributed by atoms with Crippen LogP contribution in [0.1, 0.15) is 36.9 Å². The summed E-state index contributed by atoms with van der Waals surface area (Å²) >= 11 is 3.03. The van der Waals surface area contributed by atoms with Crippen molar-refractivity contribution in [3.8, 4) is 6.19 Å².